The number of carbonyl (C=O) groups is 1. The zero-order valence-corrected chi connectivity index (χ0v) is 17.2. The minimum absolute atomic E-state index is 0.182. The average Bonchev–Trinajstić information content (AvgIpc) is 2.74. The van der Waals surface area contributed by atoms with Crippen LogP contribution in [-0.2, 0) is 0 Å². The molecule has 29 heavy (non-hydrogen) atoms. The molecule has 1 unspecified atom stereocenters. The number of amides is 1. The first kappa shape index (κ1) is 19.7. The van der Waals surface area contributed by atoms with Crippen LogP contribution in [0, 0.1) is 13.8 Å². The minimum Gasteiger partial charge on any atom is -0.427 e. The molecule has 154 valence electrons. The molecule has 6 nitrogen and oxygen atoms in total. The number of piperidine rings is 1. The monoisotopic (exact) mass is 395 g/mol. The maximum Gasteiger partial charge on any atom is 0.349 e. The van der Waals surface area contributed by atoms with Crippen molar-refractivity contribution in [2.75, 3.05) is 44.2 Å². The first-order valence-electron chi connectivity index (χ1n) is 10.5. The second kappa shape index (κ2) is 8.41. The van der Waals surface area contributed by atoms with E-state index < -0.39 is 5.63 Å². The lowest BCUT2D eigenvalue weighted by Crippen LogP contribution is -2.49. The molecule has 4 rings (SSSR count). The van der Waals surface area contributed by atoms with Crippen molar-refractivity contribution in [2.24, 2.45) is 0 Å². The van der Waals surface area contributed by atoms with Crippen molar-refractivity contribution in [3.8, 4) is 0 Å². The summed E-state index contributed by atoms with van der Waals surface area (Å²) in [5, 5.41) is 3.34. The molecule has 1 aromatic carbocycles. The van der Waals surface area contributed by atoms with Crippen molar-refractivity contribution in [1.29, 1.82) is 0 Å². The number of para-hydroxylation sites is 1. The summed E-state index contributed by atoms with van der Waals surface area (Å²) >= 11 is 0. The quantitative estimate of drug-likeness (QED) is 0.866. The molecule has 2 aromatic rings. The van der Waals surface area contributed by atoms with Gasteiger partial charge in [-0.25, -0.2) is 4.79 Å². The van der Waals surface area contributed by atoms with Crippen LogP contribution in [0.25, 0.3) is 0 Å². The van der Waals surface area contributed by atoms with E-state index in [1.54, 1.807) is 4.90 Å². The maximum atomic E-state index is 13.1. The Morgan fingerprint density at radius 2 is 1.86 bits per heavy atom. The van der Waals surface area contributed by atoms with Gasteiger partial charge in [-0.2, -0.15) is 0 Å². The molecule has 1 aromatic heterocycles. The molecule has 1 atom stereocenters. The highest BCUT2D eigenvalue weighted by molar-refractivity contribution is 5.95. The van der Waals surface area contributed by atoms with Gasteiger partial charge in [0, 0.05) is 44.3 Å². The molecule has 0 saturated carbocycles. The van der Waals surface area contributed by atoms with Gasteiger partial charge in [0.1, 0.15) is 11.3 Å². The van der Waals surface area contributed by atoms with Gasteiger partial charge < -0.3 is 19.5 Å². The van der Waals surface area contributed by atoms with Gasteiger partial charge >= 0.3 is 5.63 Å². The molecule has 1 N–H and O–H groups in total. The summed E-state index contributed by atoms with van der Waals surface area (Å²) in [6.45, 7) is 8.47. The number of nitrogens with one attached hydrogen (secondary N) is 1. The van der Waals surface area contributed by atoms with Gasteiger partial charge in [-0.1, -0.05) is 18.2 Å². The molecule has 2 aliphatic rings. The van der Waals surface area contributed by atoms with Gasteiger partial charge in [-0.05, 0) is 56.5 Å². The number of rotatable bonds is 3. The summed E-state index contributed by atoms with van der Waals surface area (Å²) in [4.78, 5) is 29.8. The van der Waals surface area contributed by atoms with E-state index in [-0.39, 0.29) is 17.4 Å². The van der Waals surface area contributed by atoms with Crippen LogP contribution in [0.3, 0.4) is 0 Å². The lowest BCUT2D eigenvalue weighted by molar-refractivity contribution is 0.0740. The third kappa shape index (κ3) is 4.08. The fraction of sp³-hybridized carbons (Fsp3) is 0.478. The van der Waals surface area contributed by atoms with Gasteiger partial charge in [-0.3, -0.25) is 4.79 Å². The van der Waals surface area contributed by atoms with E-state index in [4.69, 9.17) is 4.42 Å². The summed E-state index contributed by atoms with van der Waals surface area (Å²) in [7, 11) is 0. The summed E-state index contributed by atoms with van der Waals surface area (Å²) < 4.78 is 5.59. The van der Waals surface area contributed by atoms with E-state index in [0.717, 1.165) is 39.0 Å². The SMILES string of the molecule is Cc1ccccc1N1CCN(C(=O)c2c(C)cc(C3CCCNC3)oc2=O)CC1. The molecule has 0 aliphatic carbocycles. The second-order valence-corrected chi connectivity index (χ2v) is 8.10. The zero-order valence-electron chi connectivity index (χ0n) is 17.2. The predicted molar refractivity (Wildman–Crippen MR) is 114 cm³/mol. The minimum atomic E-state index is -0.503. The van der Waals surface area contributed by atoms with Crippen molar-refractivity contribution in [3.05, 3.63) is 63.2 Å². The topological polar surface area (TPSA) is 65.8 Å². The Morgan fingerprint density at radius 3 is 2.52 bits per heavy atom. The summed E-state index contributed by atoms with van der Waals surface area (Å²) in [6.07, 6.45) is 2.07. The number of anilines is 1. The van der Waals surface area contributed by atoms with Gasteiger partial charge in [0.2, 0.25) is 0 Å². The normalized spacial score (nSPS) is 20.0. The molecule has 2 aliphatic heterocycles. The lowest BCUT2D eigenvalue weighted by atomic mass is 9.95. The van der Waals surface area contributed by atoms with Crippen LogP contribution in [0.5, 0.6) is 0 Å². The van der Waals surface area contributed by atoms with E-state index in [9.17, 15) is 9.59 Å². The fourth-order valence-corrected chi connectivity index (χ4v) is 4.41. The molecule has 2 saturated heterocycles. The Kier molecular flexibility index (Phi) is 5.72. The second-order valence-electron chi connectivity index (χ2n) is 8.10. The molecule has 2 fully saturated rings. The third-order valence-electron chi connectivity index (χ3n) is 6.10. The van der Waals surface area contributed by atoms with Crippen LogP contribution in [0.2, 0.25) is 0 Å². The molecular weight excluding hydrogens is 366 g/mol. The van der Waals surface area contributed by atoms with E-state index in [1.807, 2.05) is 25.1 Å². The largest absolute Gasteiger partial charge is 0.427 e. The van der Waals surface area contributed by atoms with Gasteiger partial charge in [-0.15, -0.1) is 0 Å². The van der Waals surface area contributed by atoms with Crippen LogP contribution in [-0.4, -0.2) is 50.1 Å². The van der Waals surface area contributed by atoms with E-state index in [1.165, 1.54) is 11.3 Å². The van der Waals surface area contributed by atoms with Crippen LogP contribution in [0.1, 0.15) is 46.0 Å². The number of benzene rings is 1. The summed E-state index contributed by atoms with van der Waals surface area (Å²) in [6, 6.07) is 10.2. The maximum absolute atomic E-state index is 13.1. The fourth-order valence-electron chi connectivity index (χ4n) is 4.41. The molecule has 1 amide bonds. The van der Waals surface area contributed by atoms with Gasteiger partial charge in [0.25, 0.3) is 5.91 Å². The Morgan fingerprint density at radius 1 is 1.10 bits per heavy atom. The van der Waals surface area contributed by atoms with Crippen molar-refractivity contribution in [2.45, 2.75) is 32.6 Å². The number of nitrogens with zero attached hydrogens (tertiary/aromatic N) is 2. The van der Waals surface area contributed by atoms with Crippen LogP contribution in [0.4, 0.5) is 5.69 Å². The molecule has 0 radical (unpaired) electrons. The molecule has 0 bridgehead atoms. The van der Waals surface area contributed by atoms with Crippen molar-refractivity contribution >= 4 is 11.6 Å². The van der Waals surface area contributed by atoms with E-state index >= 15 is 0 Å². The van der Waals surface area contributed by atoms with Crippen molar-refractivity contribution < 1.29 is 9.21 Å². The van der Waals surface area contributed by atoms with E-state index in [0.29, 0.717) is 24.4 Å². The Bertz CT molecular complexity index is 939. The number of piperazine rings is 1. The van der Waals surface area contributed by atoms with Crippen LogP contribution >= 0.6 is 0 Å². The number of carbonyl (C=O) groups excluding carboxylic acids is 1. The Hall–Kier alpha value is -2.60. The standard InChI is InChI=1S/C23H29N3O3/c1-16-6-3-4-8-19(16)25-10-12-26(13-11-25)22(27)21-17(2)14-20(29-23(21)28)18-7-5-9-24-15-18/h3-4,6,8,14,18,24H,5,7,9-13,15H2,1-2H3. The van der Waals surface area contributed by atoms with Crippen LogP contribution < -0.4 is 15.8 Å². The van der Waals surface area contributed by atoms with Gasteiger partial charge in [0.15, 0.2) is 0 Å². The molecule has 3 heterocycles. The molecular formula is C23H29N3O3. The number of hydrogen-bond donors (Lipinski definition) is 1. The molecule has 6 heteroatoms. The molecule has 0 spiro atoms. The first-order valence-corrected chi connectivity index (χ1v) is 10.5. The highest BCUT2D eigenvalue weighted by atomic mass is 16.4. The van der Waals surface area contributed by atoms with Crippen LogP contribution in [0.15, 0.2) is 39.5 Å². The Balaban J connectivity index is 1.47. The summed E-state index contributed by atoms with van der Waals surface area (Å²) in [5.41, 5.74) is 2.84. The van der Waals surface area contributed by atoms with Crippen molar-refractivity contribution in [3.63, 3.8) is 0 Å². The smallest absolute Gasteiger partial charge is 0.349 e. The highest BCUT2D eigenvalue weighted by Crippen LogP contribution is 2.25. The number of hydrogen-bond acceptors (Lipinski definition) is 5. The summed E-state index contributed by atoms with van der Waals surface area (Å²) in [5.74, 6) is 0.687. The predicted octanol–water partition coefficient (Wildman–Crippen LogP) is 2.69. The average molecular weight is 396 g/mol. The van der Waals surface area contributed by atoms with E-state index in [2.05, 4.69) is 29.3 Å². The lowest BCUT2D eigenvalue weighted by Gasteiger charge is -2.36. The zero-order chi connectivity index (χ0) is 20.4. The van der Waals surface area contributed by atoms with Crippen molar-refractivity contribution in [1.82, 2.24) is 10.2 Å². The Labute approximate surface area is 171 Å². The highest BCUT2D eigenvalue weighted by Gasteiger charge is 2.28. The number of aryl methyl sites for hydroxylation is 2. The van der Waals surface area contributed by atoms with Gasteiger partial charge in [0.05, 0.1) is 0 Å². The third-order valence-corrected chi connectivity index (χ3v) is 6.10. The first-order chi connectivity index (χ1) is 14.0.